The number of benzene rings is 5. The summed E-state index contributed by atoms with van der Waals surface area (Å²) in [7, 11) is 5.13. The number of fused-ring (bicyclic) bond motifs is 2. The SMILES string of the molecule is CNC[C@H](Cc1ccc2ccccc2c1)NC[C@H](Cc1cccc2ccccc12)NC(=O)c1ccc(OC)c(OC)c1. The Morgan fingerprint density at radius 3 is 2.21 bits per heavy atom. The first-order valence-corrected chi connectivity index (χ1v) is 14.4. The van der Waals surface area contributed by atoms with Crippen LogP contribution in [0, 0.1) is 0 Å². The highest BCUT2D eigenvalue weighted by Gasteiger charge is 2.19. The third kappa shape index (κ3) is 7.08. The molecule has 6 nitrogen and oxygen atoms in total. The van der Waals surface area contributed by atoms with Crippen molar-refractivity contribution in [3.05, 3.63) is 120 Å². The molecule has 0 bridgehead atoms. The van der Waals surface area contributed by atoms with Crippen LogP contribution in [-0.4, -0.2) is 52.3 Å². The van der Waals surface area contributed by atoms with Crippen LogP contribution in [0.1, 0.15) is 21.5 Å². The second-order valence-corrected chi connectivity index (χ2v) is 10.6. The Labute approximate surface area is 248 Å². The molecule has 0 heterocycles. The molecule has 0 saturated carbocycles. The Morgan fingerprint density at radius 1 is 0.690 bits per heavy atom. The van der Waals surface area contributed by atoms with Gasteiger partial charge in [0, 0.05) is 30.7 Å². The van der Waals surface area contributed by atoms with Crippen LogP contribution in [0.25, 0.3) is 21.5 Å². The summed E-state index contributed by atoms with van der Waals surface area (Å²) in [6, 6.07) is 35.2. The molecule has 0 unspecified atom stereocenters. The summed E-state index contributed by atoms with van der Waals surface area (Å²) in [6.45, 7) is 1.42. The lowest BCUT2D eigenvalue weighted by molar-refractivity contribution is 0.0935. The summed E-state index contributed by atoms with van der Waals surface area (Å²) >= 11 is 0. The van der Waals surface area contributed by atoms with E-state index in [1.807, 2.05) is 7.05 Å². The minimum absolute atomic E-state index is 0.146. The fourth-order valence-corrected chi connectivity index (χ4v) is 5.58. The molecule has 5 aromatic rings. The number of amides is 1. The molecule has 0 aliphatic carbocycles. The van der Waals surface area contributed by atoms with Gasteiger partial charge in [-0.15, -0.1) is 0 Å². The Balaban J connectivity index is 1.36. The largest absolute Gasteiger partial charge is 0.493 e. The first-order chi connectivity index (χ1) is 20.6. The van der Waals surface area contributed by atoms with Crippen LogP contribution < -0.4 is 25.4 Å². The number of ether oxygens (including phenoxy) is 2. The number of methoxy groups -OCH3 is 2. The van der Waals surface area contributed by atoms with Crippen molar-refractivity contribution in [1.82, 2.24) is 16.0 Å². The molecule has 0 spiro atoms. The molecule has 5 aromatic carbocycles. The standard InChI is InChI=1S/C36H39N3O3/c1-37-23-31(20-25-15-16-26-9-4-5-11-28(26)19-25)38-24-32(21-29-13-8-12-27-10-6-7-14-33(27)29)39-36(40)30-17-18-34(41-2)35(22-30)42-3/h4-19,22,31-32,37-38H,20-21,23-24H2,1-3H3,(H,39,40)/t31-,32-/m0/s1. The lowest BCUT2D eigenvalue weighted by Crippen LogP contribution is -2.48. The number of hydrogen-bond donors (Lipinski definition) is 3. The van der Waals surface area contributed by atoms with Gasteiger partial charge in [0.25, 0.3) is 5.91 Å². The second-order valence-electron chi connectivity index (χ2n) is 10.6. The average molecular weight is 562 g/mol. The third-order valence-electron chi connectivity index (χ3n) is 7.73. The highest BCUT2D eigenvalue weighted by molar-refractivity contribution is 5.95. The van der Waals surface area contributed by atoms with Crippen molar-refractivity contribution in [1.29, 1.82) is 0 Å². The van der Waals surface area contributed by atoms with Gasteiger partial charge in [0.1, 0.15) is 0 Å². The normalized spacial score (nSPS) is 12.6. The first kappa shape index (κ1) is 29.1. The van der Waals surface area contributed by atoms with E-state index in [0.29, 0.717) is 30.0 Å². The van der Waals surface area contributed by atoms with Crippen molar-refractivity contribution in [2.75, 3.05) is 34.4 Å². The van der Waals surface area contributed by atoms with Crippen LogP contribution in [0.5, 0.6) is 11.5 Å². The van der Waals surface area contributed by atoms with Gasteiger partial charge in [-0.2, -0.15) is 0 Å². The molecule has 3 N–H and O–H groups in total. The molecule has 0 radical (unpaired) electrons. The highest BCUT2D eigenvalue weighted by atomic mass is 16.5. The number of nitrogens with one attached hydrogen (secondary N) is 3. The molecule has 0 aliphatic rings. The van der Waals surface area contributed by atoms with Crippen molar-refractivity contribution >= 4 is 27.5 Å². The maximum atomic E-state index is 13.5. The van der Waals surface area contributed by atoms with E-state index < -0.39 is 0 Å². The summed E-state index contributed by atoms with van der Waals surface area (Å²) in [5.74, 6) is 0.965. The van der Waals surface area contributed by atoms with E-state index >= 15 is 0 Å². The number of rotatable bonds is 13. The van der Waals surface area contributed by atoms with Crippen LogP contribution in [-0.2, 0) is 12.8 Å². The highest BCUT2D eigenvalue weighted by Crippen LogP contribution is 2.28. The maximum Gasteiger partial charge on any atom is 0.251 e. The van der Waals surface area contributed by atoms with Gasteiger partial charge >= 0.3 is 0 Å². The molecule has 5 rings (SSSR count). The summed E-state index contributed by atoms with van der Waals surface area (Å²) in [4.78, 5) is 13.5. The van der Waals surface area contributed by atoms with Gasteiger partial charge in [0.15, 0.2) is 11.5 Å². The van der Waals surface area contributed by atoms with Crippen LogP contribution in [0.4, 0.5) is 0 Å². The zero-order valence-electron chi connectivity index (χ0n) is 24.5. The number of hydrogen-bond acceptors (Lipinski definition) is 5. The van der Waals surface area contributed by atoms with Crippen molar-refractivity contribution in [2.24, 2.45) is 0 Å². The summed E-state index contributed by atoms with van der Waals surface area (Å²) in [5, 5.41) is 15.3. The maximum absolute atomic E-state index is 13.5. The lowest BCUT2D eigenvalue weighted by Gasteiger charge is -2.25. The fourth-order valence-electron chi connectivity index (χ4n) is 5.58. The molecule has 216 valence electrons. The smallest absolute Gasteiger partial charge is 0.251 e. The predicted molar refractivity (Wildman–Crippen MR) is 172 cm³/mol. The average Bonchev–Trinajstić information content (AvgIpc) is 3.03. The molecule has 0 aliphatic heterocycles. The monoisotopic (exact) mass is 561 g/mol. The zero-order valence-corrected chi connectivity index (χ0v) is 24.5. The van der Waals surface area contributed by atoms with Crippen LogP contribution in [0.2, 0.25) is 0 Å². The van der Waals surface area contributed by atoms with Crippen LogP contribution >= 0.6 is 0 Å². The molecule has 0 fully saturated rings. The number of likely N-dealkylation sites (N-methyl/N-ethyl adjacent to an activating group) is 1. The van der Waals surface area contributed by atoms with E-state index in [-0.39, 0.29) is 18.0 Å². The summed E-state index contributed by atoms with van der Waals surface area (Å²) < 4.78 is 10.8. The van der Waals surface area contributed by atoms with E-state index in [0.717, 1.165) is 13.0 Å². The van der Waals surface area contributed by atoms with Gasteiger partial charge in [-0.25, -0.2) is 0 Å². The van der Waals surface area contributed by atoms with Gasteiger partial charge in [0.2, 0.25) is 0 Å². The number of carbonyl (C=O) groups is 1. The minimum atomic E-state index is -0.150. The molecule has 0 saturated heterocycles. The fraction of sp³-hybridized carbons (Fsp3) is 0.250. The van der Waals surface area contributed by atoms with Crippen molar-refractivity contribution < 1.29 is 14.3 Å². The van der Waals surface area contributed by atoms with Gasteiger partial charge in [-0.05, 0) is 70.8 Å². The summed E-state index contributed by atoms with van der Waals surface area (Å²) in [6.07, 6.45) is 1.56. The van der Waals surface area contributed by atoms with Gasteiger partial charge in [-0.1, -0.05) is 84.9 Å². The molecular weight excluding hydrogens is 522 g/mol. The zero-order chi connectivity index (χ0) is 29.3. The molecule has 1 amide bonds. The van der Waals surface area contributed by atoms with Crippen molar-refractivity contribution in [2.45, 2.75) is 24.9 Å². The van der Waals surface area contributed by atoms with E-state index in [4.69, 9.17) is 9.47 Å². The predicted octanol–water partition coefficient (Wildman–Crippen LogP) is 5.77. The number of carbonyl (C=O) groups excluding carboxylic acids is 1. The topological polar surface area (TPSA) is 71.6 Å². The Hall–Kier alpha value is -4.39. The summed E-state index contributed by atoms with van der Waals surface area (Å²) in [5.41, 5.74) is 3.01. The second kappa shape index (κ2) is 14.0. The van der Waals surface area contributed by atoms with Gasteiger partial charge < -0.3 is 25.4 Å². The van der Waals surface area contributed by atoms with E-state index in [1.165, 1.54) is 32.7 Å². The molecular formula is C36H39N3O3. The van der Waals surface area contributed by atoms with Crippen molar-refractivity contribution in [3.8, 4) is 11.5 Å². The lowest BCUT2D eigenvalue weighted by atomic mass is 9.97. The molecule has 0 aromatic heterocycles. The van der Waals surface area contributed by atoms with Gasteiger partial charge in [-0.3, -0.25) is 4.79 Å². The Bertz CT molecular complexity index is 1650. The van der Waals surface area contributed by atoms with Crippen molar-refractivity contribution in [3.63, 3.8) is 0 Å². The molecule has 6 heteroatoms. The molecule has 2 atom stereocenters. The van der Waals surface area contributed by atoms with E-state index in [1.54, 1.807) is 32.4 Å². The van der Waals surface area contributed by atoms with Crippen LogP contribution in [0.3, 0.4) is 0 Å². The minimum Gasteiger partial charge on any atom is -0.493 e. The third-order valence-corrected chi connectivity index (χ3v) is 7.73. The van der Waals surface area contributed by atoms with Gasteiger partial charge in [0.05, 0.1) is 14.2 Å². The first-order valence-electron chi connectivity index (χ1n) is 14.4. The Kier molecular flexibility index (Phi) is 9.70. The van der Waals surface area contributed by atoms with Crippen LogP contribution in [0.15, 0.2) is 103 Å². The van der Waals surface area contributed by atoms with E-state index in [2.05, 4.69) is 101 Å². The molecule has 42 heavy (non-hydrogen) atoms. The van der Waals surface area contributed by atoms with E-state index in [9.17, 15) is 4.79 Å². The quantitative estimate of drug-likeness (QED) is 0.170. The Morgan fingerprint density at radius 2 is 1.43 bits per heavy atom.